The van der Waals surface area contributed by atoms with Crippen LogP contribution in [-0.4, -0.2) is 19.7 Å². The van der Waals surface area contributed by atoms with Gasteiger partial charge >= 0.3 is 0 Å². The largest absolute Gasteiger partial charge is 0.496 e. The van der Waals surface area contributed by atoms with Crippen LogP contribution in [0.2, 0.25) is 0 Å². The second-order valence-corrected chi connectivity index (χ2v) is 6.69. The van der Waals surface area contributed by atoms with Gasteiger partial charge in [0.25, 0.3) is 0 Å². The van der Waals surface area contributed by atoms with Crippen LogP contribution < -0.4 is 10.1 Å². The minimum Gasteiger partial charge on any atom is -0.496 e. The Morgan fingerprint density at radius 1 is 1.32 bits per heavy atom. The molecule has 2 unspecified atom stereocenters. The van der Waals surface area contributed by atoms with Crippen LogP contribution in [-0.2, 0) is 6.42 Å². The molecule has 1 aliphatic rings. The Labute approximate surface area is 125 Å². The highest BCUT2D eigenvalue weighted by atomic mass is 79.9. The lowest BCUT2D eigenvalue weighted by Gasteiger charge is -2.37. The van der Waals surface area contributed by atoms with E-state index in [1.165, 1.54) is 31.4 Å². The Kier molecular flexibility index (Phi) is 5.28. The summed E-state index contributed by atoms with van der Waals surface area (Å²) in [6.07, 6.45) is 3.93. The SMILES string of the molecule is COc1ccc(CC2CCC2CNC(C)C)cc1Br. The maximum Gasteiger partial charge on any atom is 0.133 e. The van der Waals surface area contributed by atoms with Gasteiger partial charge in [0, 0.05) is 6.04 Å². The fourth-order valence-corrected chi connectivity index (χ4v) is 3.29. The molecule has 1 saturated carbocycles. The fraction of sp³-hybridized carbons (Fsp3) is 0.625. The van der Waals surface area contributed by atoms with Crippen LogP contribution in [0.1, 0.15) is 32.3 Å². The van der Waals surface area contributed by atoms with E-state index < -0.39 is 0 Å². The van der Waals surface area contributed by atoms with Crippen molar-refractivity contribution in [2.24, 2.45) is 11.8 Å². The van der Waals surface area contributed by atoms with Gasteiger partial charge in [-0.15, -0.1) is 0 Å². The first-order valence-electron chi connectivity index (χ1n) is 7.16. The van der Waals surface area contributed by atoms with Gasteiger partial charge in [0.2, 0.25) is 0 Å². The average Bonchev–Trinajstić information content (AvgIpc) is 2.34. The zero-order valence-electron chi connectivity index (χ0n) is 12.1. The van der Waals surface area contributed by atoms with Crippen molar-refractivity contribution in [3.05, 3.63) is 28.2 Å². The monoisotopic (exact) mass is 325 g/mol. The summed E-state index contributed by atoms with van der Waals surface area (Å²) in [7, 11) is 1.71. The normalized spacial score (nSPS) is 22.4. The number of benzene rings is 1. The summed E-state index contributed by atoms with van der Waals surface area (Å²) in [5.41, 5.74) is 1.41. The first-order valence-corrected chi connectivity index (χ1v) is 7.95. The van der Waals surface area contributed by atoms with Crippen molar-refractivity contribution in [2.75, 3.05) is 13.7 Å². The van der Waals surface area contributed by atoms with Crippen LogP contribution in [0.3, 0.4) is 0 Å². The van der Waals surface area contributed by atoms with E-state index >= 15 is 0 Å². The molecule has 1 N–H and O–H groups in total. The lowest BCUT2D eigenvalue weighted by Crippen LogP contribution is -2.38. The smallest absolute Gasteiger partial charge is 0.133 e. The molecular formula is C16H24BrNO. The van der Waals surface area contributed by atoms with Crippen molar-refractivity contribution in [2.45, 2.75) is 39.2 Å². The maximum absolute atomic E-state index is 5.27. The molecule has 3 heteroatoms. The Morgan fingerprint density at radius 3 is 2.58 bits per heavy atom. The molecular weight excluding hydrogens is 302 g/mol. The molecule has 2 atom stereocenters. The van der Waals surface area contributed by atoms with Crippen LogP contribution in [0.5, 0.6) is 5.75 Å². The summed E-state index contributed by atoms with van der Waals surface area (Å²) < 4.78 is 6.33. The highest BCUT2D eigenvalue weighted by molar-refractivity contribution is 9.10. The summed E-state index contributed by atoms with van der Waals surface area (Å²) in [5, 5.41) is 3.56. The van der Waals surface area contributed by atoms with E-state index in [0.29, 0.717) is 6.04 Å². The number of hydrogen-bond donors (Lipinski definition) is 1. The number of ether oxygens (including phenoxy) is 1. The van der Waals surface area contributed by atoms with Crippen LogP contribution >= 0.6 is 15.9 Å². The third-order valence-electron chi connectivity index (χ3n) is 4.08. The van der Waals surface area contributed by atoms with E-state index in [4.69, 9.17) is 4.74 Å². The van der Waals surface area contributed by atoms with Gasteiger partial charge in [-0.3, -0.25) is 0 Å². The summed E-state index contributed by atoms with van der Waals surface area (Å²) >= 11 is 3.56. The molecule has 0 amide bonds. The molecule has 1 aromatic rings. The molecule has 1 aliphatic carbocycles. The van der Waals surface area contributed by atoms with Crippen molar-refractivity contribution in [3.63, 3.8) is 0 Å². The number of nitrogens with one attached hydrogen (secondary N) is 1. The average molecular weight is 326 g/mol. The Bertz CT molecular complexity index is 419. The second kappa shape index (κ2) is 6.76. The number of methoxy groups -OCH3 is 1. The van der Waals surface area contributed by atoms with Crippen molar-refractivity contribution in [3.8, 4) is 5.75 Å². The molecule has 0 aromatic heterocycles. The maximum atomic E-state index is 5.27. The molecule has 19 heavy (non-hydrogen) atoms. The molecule has 1 aromatic carbocycles. The van der Waals surface area contributed by atoms with Gasteiger partial charge in [0.1, 0.15) is 5.75 Å². The Morgan fingerprint density at radius 2 is 2.05 bits per heavy atom. The van der Waals surface area contributed by atoms with Crippen molar-refractivity contribution >= 4 is 15.9 Å². The number of halogens is 1. The topological polar surface area (TPSA) is 21.3 Å². The van der Waals surface area contributed by atoms with Crippen molar-refractivity contribution in [1.82, 2.24) is 5.32 Å². The zero-order valence-corrected chi connectivity index (χ0v) is 13.7. The molecule has 0 radical (unpaired) electrons. The van der Waals surface area contributed by atoms with Crippen LogP contribution in [0.25, 0.3) is 0 Å². The Hall–Kier alpha value is -0.540. The molecule has 0 heterocycles. The molecule has 0 saturated heterocycles. The first kappa shape index (κ1) is 14.9. The summed E-state index contributed by atoms with van der Waals surface area (Å²) in [6.45, 7) is 5.60. The number of hydrogen-bond acceptors (Lipinski definition) is 2. The number of rotatable bonds is 6. The van der Waals surface area contributed by atoms with Gasteiger partial charge in [-0.25, -0.2) is 0 Å². The second-order valence-electron chi connectivity index (χ2n) is 5.83. The first-order chi connectivity index (χ1) is 9.10. The molecule has 1 fully saturated rings. The predicted molar refractivity (Wildman–Crippen MR) is 83.8 cm³/mol. The van der Waals surface area contributed by atoms with Crippen molar-refractivity contribution < 1.29 is 4.74 Å². The van der Waals surface area contributed by atoms with Crippen LogP contribution in [0, 0.1) is 11.8 Å². The zero-order chi connectivity index (χ0) is 13.8. The highest BCUT2D eigenvalue weighted by Gasteiger charge is 2.30. The van der Waals surface area contributed by atoms with Gasteiger partial charge in [0.05, 0.1) is 11.6 Å². The van der Waals surface area contributed by atoms with Crippen LogP contribution in [0.15, 0.2) is 22.7 Å². The fourth-order valence-electron chi connectivity index (χ4n) is 2.70. The van der Waals surface area contributed by atoms with Crippen molar-refractivity contribution in [1.29, 1.82) is 0 Å². The molecule has 2 rings (SSSR count). The van der Waals surface area contributed by atoms with E-state index in [9.17, 15) is 0 Å². The van der Waals surface area contributed by atoms with E-state index in [2.05, 4.69) is 53.3 Å². The summed E-state index contributed by atoms with van der Waals surface area (Å²) in [5.74, 6) is 2.60. The molecule has 0 aliphatic heterocycles. The quantitative estimate of drug-likeness (QED) is 0.852. The van der Waals surface area contributed by atoms with E-state index in [1.54, 1.807) is 7.11 Å². The molecule has 0 bridgehead atoms. The molecule has 2 nitrogen and oxygen atoms in total. The van der Waals surface area contributed by atoms with Crippen LogP contribution in [0.4, 0.5) is 0 Å². The standard InChI is InChI=1S/C16H24BrNO/c1-11(2)18-10-14-6-5-13(14)8-12-4-7-16(19-3)15(17)9-12/h4,7,9,11,13-14,18H,5-6,8,10H2,1-3H3. The molecule has 106 valence electrons. The third-order valence-corrected chi connectivity index (χ3v) is 4.70. The van der Waals surface area contributed by atoms with Gasteiger partial charge in [-0.1, -0.05) is 19.9 Å². The van der Waals surface area contributed by atoms with Gasteiger partial charge < -0.3 is 10.1 Å². The lowest BCUT2D eigenvalue weighted by atomic mass is 9.70. The van der Waals surface area contributed by atoms with Gasteiger partial charge in [-0.05, 0) is 71.3 Å². The van der Waals surface area contributed by atoms with E-state index in [0.717, 1.165) is 22.1 Å². The third kappa shape index (κ3) is 3.96. The minimum atomic E-state index is 0.594. The van der Waals surface area contributed by atoms with E-state index in [-0.39, 0.29) is 0 Å². The minimum absolute atomic E-state index is 0.594. The van der Waals surface area contributed by atoms with Gasteiger partial charge in [0.15, 0.2) is 0 Å². The highest BCUT2D eigenvalue weighted by Crippen LogP contribution is 2.37. The summed E-state index contributed by atoms with van der Waals surface area (Å²) in [6, 6.07) is 7.04. The van der Waals surface area contributed by atoms with Gasteiger partial charge in [-0.2, -0.15) is 0 Å². The summed E-state index contributed by atoms with van der Waals surface area (Å²) in [4.78, 5) is 0. The lowest BCUT2D eigenvalue weighted by molar-refractivity contribution is 0.168. The predicted octanol–water partition coefficient (Wildman–Crippen LogP) is 4.02. The molecule has 0 spiro atoms. The Balaban J connectivity index is 1.89. The van der Waals surface area contributed by atoms with E-state index in [1.807, 2.05) is 0 Å².